The molecule has 0 saturated carbocycles. The zero-order valence-electron chi connectivity index (χ0n) is 11.7. The Morgan fingerprint density at radius 2 is 2.05 bits per heavy atom. The lowest BCUT2D eigenvalue weighted by molar-refractivity contribution is -0.0498. The maximum atomic E-state index is 12.1. The van der Waals surface area contributed by atoms with Crippen molar-refractivity contribution in [3.63, 3.8) is 0 Å². The van der Waals surface area contributed by atoms with Crippen LogP contribution in [0, 0.1) is 0 Å². The number of nitrogens with one attached hydrogen (secondary N) is 1. The molecule has 0 radical (unpaired) electrons. The van der Waals surface area contributed by atoms with E-state index in [9.17, 15) is 13.6 Å². The van der Waals surface area contributed by atoms with Crippen LogP contribution in [0.1, 0.15) is 37.0 Å². The third kappa shape index (κ3) is 4.77. The molecule has 4 nitrogen and oxygen atoms in total. The predicted molar refractivity (Wildman–Crippen MR) is 72.9 cm³/mol. The molecule has 0 aliphatic rings. The summed E-state index contributed by atoms with van der Waals surface area (Å²) in [6.45, 7) is 1.32. The number of carbonyl (C=O) groups is 1. The highest BCUT2D eigenvalue weighted by molar-refractivity contribution is 5.94. The van der Waals surface area contributed by atoms with Gasteiger partial charge in [-0.25, -0.2) is 0 Å². The summed E-state index contributed by atoms with van der Waals surface area (Å²) in [5.74, 6) is -0.404. The summed E-state index contributed by atoms with van der Waals surface area (Å²) in [4.78, 5) is 12.0. The second kappa shape index (κ2) is 7.19. The topological polar surface area (TPSA) is 64.3 Å². The van der Waals surface area contributed by atoms with Crippen molar-refractivity contribution < 1.29 is 18.3 Å². The molecule has 0 atom stereocenters. The Hall–Kier alpha value is -1.69. The van der Waals surface area contributed by atoms with Crippen LogP contribution in [0.3, 0.4) is 0 Å². The van der Waals surface area contributed by atoms with Crippen molar-refractivity contribution in [2.24, 2.45) is 5.73 Å². The fourth-order valence-corrected chi connectivity index (χ4v) is 1.67. The Morgan fingerprint density at radius 1 is 1.40 bits per heavy atom. The summed E-state index contributed by atoms with van der Waals surface area (Å²) in [5, 5.41) is 2.71. The minimum absolute atomic E-state index is 0.0438. The molecule has 0 aliphatic carbocycles. The van der Waals surface area contributed by atoms with E-state index in [0.717, 1.165) is 12.8 Å². The first-order chi connectivity index (χ1) is 9.40. The van der Waals surface area contributed by atoms with Gasteiger partial charge in [-0.15, -0.1) is 0 Å². The average molecular weight is 286 g/mol. The molecule has 0 aromatic heterocycles. The summed E-state index contributed by atoms with van der Waals surface area (Å²) < 4.78 is 28.5. The van der Waals surface area contributed by atoms with E-state index in [2.05, 4.69) is 10.1 Å². The maximum Gasteiger partial charge on any atom is 0.387 e. The van der Waals surface area contributed by atoms with Gasteiger partial charge in [0.1, 0.15) is 5.75 Å². The Morgan fingerprint density at radius 3 is 2.60 bits per heavy atom. The van der Waals surface area contributed by atoms with Gasteiger partial charge >= 0.3 is 6.61 Å². The maximum absolute atomic E-state index is 12.1. The number of alkyl halides is 2. The van der Waals surface area contributed by atoms with Crippen LogP contribution in [-0.4, -0.2) is 24.6 Å². The third-order valence-electron chi connectivity index (χ3n) is 3.33. The summed E-state index contributed by atoms with van der Waals surface area (Å²) >= 11 is 0. The molecule has 1 aromatic rings. The molecule has 112 valence electrons. The van der Waals surface area contributed by atoms with Crippen LogP contribution in [0.5, 0.6) is 5.75 Å². The Bertz CT molecular complexity index is 449. The van der Waals surface area contributed by atoms with E-state index in [-0.39, 0.29) is 17.2 Å². The zero-order valence-corrected chi connectivity index (χ0v) is 11.7. The van der Waals surface area contributed by atoms with Gasteiger partial charge in [-0.3, -0.25) is 4.79 Å². The van der Waals surface area contributed by atoms with E-state index < -0.39 is 12.2 Å². The van der Waals surface area contributed by atoms with Gasteiger partial charge in [0.25, 0.3) is 5.91 Å². The zero-order chi connectivity index (χ0) is 15.2. The number of rotatable bonds is 7. The van der Waals surface area contributed by atoms with Crippen LogP contribution in [0.15, 0.2) is 24.3 Å². The third-order valence-corrected chi connectivity index (χ3v) is 3.33. The van der Waals surface area contributed by atoms with Crippen LogP contribution in [0.2, 0.25) is 0 Å². The van der Waals surface area contributed by atoms with E-state index in [4.69, 9.17) is 5.73 Å². The lowest BCUT2D eigenvalue weighted by Gasteiger charge is -2.26. The van der Waals surface area contributed by atoms with Crippen LogP contribution in [0.4, 0.5) is 8.78 Å². The fourth-order valence-electron chi connectivity index (χ4n) is 1.67. The van der Waals surface area contributed by atoms with E-state index in [1.165, 1.54) is 24.3 Å². The summed E-state index contributed by atoms with van der Waals surface area (Å²) in [6, 6.07) is 5.66. The highest BCUT2D eigenvalue weighted by Crippen LogP contribution is 2.16. The minimum Gasteiger partial charge on any atom is -0.435 e. The van der Waals surface area contributed by atoms with E-state index in [1.54, 1.807) is 0 Å². The normalized spacial score (nSPS) is 11.5. The Balaban J connectivity index is 2.68. The van der Waals surface area contributed by atoms with Crippen molar-refractivity contribution >= 4 is 5.91 Å². The van der Waals surface area contributed by atoms with Crippen LogP contribution in [0.25, 0.3) is 0 Å². The first-order valence-corrected chi connectivity index (χ1v) is 6.52. The van der Waals surface area contributed by atoms with Crippen LogP contribution in [-0.2, 0) is 0 Å². The number of carbonyl (C=O) groups excluding carboxylic acids is 1. The molecule has 1 aromatic carbocycles. The quantitative estimate of drug-likeness (QED) is 0.809. The van der Waals surface area contributed by atoms with Crippen molar-refractivity contribution in [1.82, 2.24) is 5.32 Å². The summed E-state index contributed by atoms with van der Waals surface area (Å²) in [5.41, 5.74) is 5.89. The molecular formula is C14H20F2N2O2. The number of hydrogen-bond acceptors (Lipinski definition) is 3. The molecule has 0 heterocycles. The van der Waals surface area contributed by atoms with E-state index >= 15 is 0 Å². The lowest BCUT2D eigenvalue weighted by Crippen LogP contribution is -2.49. The molecule has 1 amide bonds. The Kier molecular flexibility index (Phi) is 5.88. The smallest absolute Gasteiger partial charge is 0.387 e. The largest absolute Gasteiger partial charge is 0.435 e. The molecule has 0 bridgehead atoms. The van der Waals surface area contributed by atoms with Gasteiger partial charge in [0.05, 0.1) is 0 Å². The number of nitrogens with two attached hydrogens (primary N) is 1. The molecule has 3 N–H and O–H groups in total. The fraction of sp³-hybridized carbons (Fsp3) is 0.500. The number of benzene rings is 1. The number of ether oxygens (including phenoxy) is 1. The number of hydrogen-bond donors (Lipinski definition) is 2. The lowest BCUT2D eigenvalue weighted by atomic mass is 9.94. The molecule has 0 spiro atoms. The van der Waals surface area contributed by atoms with Gasteiger partial charge in [0.2, 0.25) is 0 Å². The SMILES string of the molecule is CCC(N)(CC)CNC(=O)c1cccc(OC(F)F)c1. The summed E-state index contributed by atoms with van der Waals surface area (Å²) in [6.07, 6.45) is 1.47. The van der Waals surface area contributed by atoms with Gasteiger partial charge < -0.3 is 15.8 Å². The van der Waals surface area contributed by atoms with E-state index in [1.807, 2.05) is 13.8 Å². The number of halogens is 2. The van der Waals surface area contributed by atoms with Crippen molar-refractivity contribution in [3.05, 3.63) is 29.8 Å². The predicted octanol–water partition coefficient (Wildman–Crippen LogP) is 2.54. The average Bonchev–Trinajstić information content (AvgIpc) is 2.44. The van der Waals surface area contributed by atoms with Crippen LogP contribution >= 0.6 is 0 Å². The van der Waals surface area contributed by atoms with E-state index in [0.29, 0.717) is 6.54 Å². The molecule has 6 heteroatoms. The first-order valence-electron chi connectivity index (χ1n) is 6.52. The molecule has 0 saturated heterocycles. The number of amides is 1. The second-order valence-electron chi connectivity index (χ2n) is 4.66. The van der Waals surface area contributed by atoms with Gasteiger partial charge in [0, 0.05) is 17.6 Å². The summed E-state index contributed by atoms with van der Waals surface area (Å²) in [7, 11) is 0. The molecule has 0 unspecified atom stereocenters. The molecule has 0 fully saturated rings. The highest BCUT2D eigenvalue weighted by Gasteiger charge is 2.21. The van der Waals surface area contributed by atoms with Crippen molar-refractivity contribution in [1.29, 1.82) is 0 Å². The van der Waals surface area contributed by atoms with Crippen molar-refractivity contribution in [3.8, 4) is 5.75 Å². The monoisotopic (exact) mass is 286 g/mol. The second-order valence-corrected chi connectivity index (χ2v) is 4.66. The van der Waals surface area contributed by atoms with Crippen molar-refractivity contribution in [2.45, 2.75) is 38.8 Å². The highest BCUT2D eigenvalue weighted by atomic mass is 19.3. The van der Waals surface area contributed by atoms with Crippen molar-refractivity contribution in [2.75, 3.05) is 6.54 Å². The van der Waals surface area contributed by atoms with Crippen LogP contribution < -0.4 is 15.8 Å². The molecule has 20 heavy (non-hydrogen) atoms. The molecule has 1 rings (SSSR count). The Labute approximate surface area is 117 Å². The molecule has 0 aliphatic heterocycles. The molecular weight excluding hydrogens is 266 g/mol. The first kappa shape index (κ1) is 16.4. The van der Waals surface area contributed by atoms with Gasteiger partial charge in [-0.05, 0) is 31.0 Å². The van der Waals surface area contributed by atoms with Gasteiger partial charge in [-0.2, -0.15) is 8.78 Å². The minimum atomic E-state index is -2.91. The van der Waals surface area contributed by atoms with Gasteiger partial charge in [0.15, 0.2) is 0 Å². The standard InChI is InChI=1S/C14H20F2N2O2/c1-3-14(17,4-2)9-18-12(19)10-6-5-7-11(8-10)20-13(15)16/h5-8,13H,3-4,9,17H2,1-2H3,(H,18,19). The van der Waals surface area contributed by atoms with Gasteiger partial charge in [-0.1, -0.05) is 19.9 Å².